The number of carbonyl (C=O) groups excluding carboxylic acids is 10. The number of phenolic OH excluding ortho intramolecular Hbond substituents is 1. The van der Waals surface area contributed by atoms with Crippen molar-refractivity contribution in [3.8, 4) is 5.75 Å². The predicted molar refractivity (Wildman–Crippen MR) is 190 cm³/mol. The Morgan fingerprint density at radius 1 is 0.492 bits per heavy atom. The number of carbonyl (C=O) groups is 10. The van der Waals surface area contributed by atoms with Crippen LogP contribution in [0.15, 0.2) is 29.7 Å². The van der Waals surface area contributed by atoms with E-state index in [-0.39, 0.29) is 0 Å². The molecule has 1 aliphatic carbocycles. The summed E-state index contributed by atoms with van der Waals surface area (Å²) in [5, 5.41) is 10.8. The summed E-state index contributed by atoms with van der Waals surface area (Å²) in [5.41, 5.74) is -1.11. The van der Waals surface area contributed by atoms with Gasteiger partial charge in [-0.1, -0.05) is 6.07 Å². The Labute approximate surface area is 345 Å². The molecule has 1 aromatic carbocycles. The summed E-state index contributed by atoms with van der Waals surface area (Å²) in [4.78, 5) is 127. The summed E-state index contributed by atoms with van der Waals surface area (Å²) >= 11 is 0. The largest absolute Gasteiger partial charge is 0.507 e. The fourth-order valence-corrected chi connectivity index (χ4v) is 6.42. The minimum Gasteiger partial charge on any atom is -0.507 e. The van der Waals surface area contributed by atoms with Gasteiger partial charge in [0.05, 0.1) is 5.56 Å². The molecule has 3 aliphatic rings. The number of ether oxygens (including phenoxy) is 12. The van der Waals surface area contributed by atoms with E-state index in [2.05, 4.69) is 0 Å². The summed E-state index contributed by atoms with van der Waals surface area (Å²) < 4.78 is 66.5. The molecule has 0 bridgehead atoms. The highest BCUT2D eigenvalue weighted by molar-refractivity contribution is 6.26. The van der Waals surface area contributed by atoms with E-state index in [1.807, 2.05) is 0 Å². The van der Waals surface area contributed by atoms with Crippen LogP contribution in [0.3, 0.4) is 0 Å². The third kappa shape index (κ3) is 11.8. The van der Waals surface area contributed by atoms with Crippen LogP contribution in [0.5, 0.6) is 5.75 Å². The fraction of sp³-hybridized carbons (Fsp3) is 0.526. The maximum atomic E-state index is 14.4. The Morgan fingerprint density at radius 3 is 1.20 bits per heavy atom. The summed E-state index contributed by atoms with van der Waals surface area (Å²) in [5.74, 6) is -13.2. The van der Waals surface area contributed by atoms with Gasteiger partial charge in [-0.25, -0.2) is 0 Å². The summed E-state index contributed by atoms with van der Waals surface area (Å²) in [7, 11) is 0. The molecule has 332 valence electrons. The second kappa shape index (κ2) is 20.1. The number of hydrogen-bond donors (Lipinski definition) is 1. The first kappa shape index (κ1) is 47.1. The van der Waals surface area contributed by atoms with Gasteiger partial charge in [0, 0.05) is 61.0 Å². The molecule has 2 aliphatic heterocycles. The maximum absolute atomic E-state index is 14.4. The molecule has 0 aromatic heterocycles. The number of benzene rings is 1. The normalized spacial score (nSPS) is 27.0. The quantitative estimate of drug-likeness (QED) is 0.193. The third-order valence-electron chi connectivity index (χ3n) is 8.50. The Kier molecular flexibility index (Phi) is 15.5. The first-order valence-electron chi connectivity index (χ1n) is 18.2. The molecule has 2 saturated heterocycles. The lowest BCUT2D eigenvalue weighted by molar-refractivity contribution is -0.304. The van der Waals surface area contributed by atoms with E-state index >= 15 is 0 Å². The van der Waals surface area contributed by atoms with Gasteiger partial charge in [-0.05, 0) is 12.1 Å². The van der Waals surface area contributed by atoms with Crippen molar-refractivity contribution in [1.29, 1.82) is 0 Å². The Balaban J connectivity index is 1.96. The second-order valence-electron chi connectivity index (χ2n) is 13.4. The van der Waals surface area contributed by atoms with Gasteiger partial charge in [0.1, 0.15) is 31.2 Å². The summed E-state index contributed by atoms with van der Waals surface area (Å²) in [6, 6.07) is 3.38. The minimum absolute atomic E-state index is 0.473. The van der Waals surface area contributed by atoms with Gasteiger partial charge >= 0.3 is 47.8 Å². The zero-order chi connectivity index (χ0) is 45.5. The Morgan fingerprint density at radius 2 is 0.836 bits per heavy atom. The minimum atomic E-state index is -2.14. The first-order valence-corrected chi connectivity index (χ1v) is 18.2. The average Bonchev–Trinajstić information content (AvgIpc) is 3.13. The van der Waals surface area contributed by atoms with Crippen molar-refractivity contribution in [2.24, 2.45) is 0 Å². The van der Waals surface area contributed by atoms with Crippen LogP contribution in [0, 0.1) is 0 Å². The summed E-state index contributed by atoms with van der Waals surface area (Å²) in [6.45, 7) is 6.36. The molecule has 0 spiro atoms. The molecule has 2 heterocycles. The van der Waals surface area contributed by atoms with Crippen molar-refractivity contribution in [2.45, 2.75) is 117 Å². The van der Waals surface area contributed by atoms with E-state index < -0.39 is 162 Å². The molecule has 1 N–H and O–H groups in total. The standard InChI is InChI=1S/C38H42O23/c1-14(39)50-12-24-29(52-16(3)41)33(54-18(5)43)35(56-20(7)45)37(58-24)60-31-27(48)22-10-9-11-23(47)26(22)28(49)32(31)61-38-36(57-21(8)46)34(55-19(6)44)30(53-17(4)42)25(59-38)13-51-15(2)40/h9-11,24-25,29-30,33-38,47H,12-13H2,1-8H3/t24-,25+,29-,30+,33+,34-,35-,36-,37+,38-/m0/s1. The number of aromatic hydroxyl groups is 1. The van der Waals surface area contributed by atoms with Crippen molar-refractivity contribution in [1.82, 2.24) is 0 Å². The molecule has 4 rings (SSSR count). The highest BCUT2D eigenvalue weighted by Crippen LogP contribution is 2.39. The van der Waals surface area contributed by atoms with E-state index in [1.54, 1.807) is 0 Å². The van der Waals surface area contributed by atoms with Crippen LogP contribution in [0.1, 0.15) is 76.1 Å². The van der Waals surface area contributed by atoms with Gasteiger partial charge in [-0.3, -0.25) is 47.9 Å². The molecule has 1 aromatic rings. The smallest absolute Gasteiger partial charge is 0.303 e. The Hall–Kier alpha value is -6.62. The monoisotopic (exact) mass is 866 g/mol. The van der Waals surface area contributed by atoms with Crippen molar-refractivity contribution in [2.75, 3.05) is 13.2 Å². The zero-order valence-corrected chi connectivity index (χ0v) is 33.8. The Bertz CT molecular complexity index is 1980. The van der Waals surface area contributed by atoms with Crippen molar-refractivity contribution in [3.05, 3.63) is 40.8 Å². The van der Waals surface area contributed by atoms with E-state index in [0.717, 1.165) is 67.5 Å². The SMILES string of the molecule is CC(=O)OC[C@@H]1O[C@H](OC2=C(O[C@@H]3O[C@H](COC(C)=O)[C@@H](OC(C)=O)[C@H](OC(C)=O)[C@@H]3OC(C)=O)C(=O)c3c(O)cccc3C2=O)[C@@H](OC(C)=O)[C@H](OC(C)=O)[C@H]1OC(C)=O. The molecule has 23 heteroatoms. The third-order valence-corrected chi connectivity index (χ3v) is 8.50. The lowest BCUT2D eigenvalue weighted by atomic mass is 9.91. The van der Waals surface area contributed by atoms with Crippen LogP contribution in [0.2, 0.25) is 0 Å². The van der Waals surface area contributed by atoms with Gasteiger partial charge in [-0.15, -0.1) is 0 Å². The number of esters is 8. The molecule has 2 fully saturated rings. The highest BCUT2D eigenvalue weighted by Gasteiger charge is 2.57. The molecule has 0 amide bonds. The van der Waals surface area contributed by atoms with Gasteiger partial charge in [0.25, 0.3) is 0 Å². The highest BCUT2D eigenvalue weighted by atomic mass is 16.8. The van der Waals surface area contributed by atoms with E-state index in [4.69, 9.17) is 56.8 Å². The number of fused-ring (bicyclic) bond motifs is 1. The van der Waals surface area contributed by atoms with Gasteiger partial charge < -0.3 is 61.9 Å². The number of phenols is 1. The van der Waals surface area contributed by atoms with Crippen molar-refractivity contribution in [3.63, 3.8) is 0 Å². The molecule has 61 heavy (non-hydrogen) atoms. The van der Waals surface area contributed by atoms with Crippen LogP contribution in [0.25, 0.3) is 0 Å². The predicted octanol–water partition coefficient (Wildman–Crippen LogP) is 0.182. The number of hydrogen-bond acceptors (Lipinski definition) is 23. The lowest BCUT2D eigenvalue weighted by Crippen LogP contribution is -2.63. The molecular formula is C38H42O23. The van der Waals surface area contributed by atoms with E-state index in [0.29, 0.717) is 0 Å². The van der Waals surface area contributed by atoms with Crippen LogP contribution >= 0.6 is 0 Å². The number of allylic oxidation sites excluding steroid dienone is 2. The van der Waals surface area contributed by atoms with Gasteiger partial charge in [0.2, 0.25) is 47.9 Å². The summed E-state index contributed by atoms with van der Waals surface area (Å²) in [6.07, 6.45) is -18.3. The second-order valence-corrected chi connectivity index (χ2v) is 13.4. The van der Waals surface area contributed by atoms with Crippen molar-refractivity contribution < 1.29 is 110 Å². The number of ketones is 2. The molecule has 0 saturated carbocycles. The van der Waals surface area contributed by atoms with E-state index in [1.165, 1.54) is 6.07 Å². The van der Waals surface area contributed by atoms with Crippen molar-refractivity contribution >= 4 is 59.3 Å². The number of rotatable bonds is 14. The van der Waals surface area contributed by atoms with Gasteiger partial charge in [-0.2, -0.15) is 0 Å². The van der Waals surface area contributed by atoms with Crippen LogP contribution in [-0.2, 0) is 95.2 Å². The fourth-order valence-electron chi connectivity index (χ4n) is 6.42. The average molecular weight is 867 g/mol. The van der Waals surface area contributed by atoms with Gasteiger partial charge in [0.15, 0.2) is 24.4 Å². The molecule has 10 atom stereocenters. The molecular weight excluding hydrogens is 824 g/mol. The van der Waals surface area contributed by atoms with E-state index in [9.17, 15) is 53.1 Å². The molecule has 0 radical (unpaired) electrons. The maximum Gasteiger partial charge on any atom is 0.303 e. The number of Topliss-reactive ketones (excluding diaryl/α,β-unsaturated/α-hetero) is 2. The zero-order valence-electron chi connectivity index (χ0n) is 33.8. The van der Waals surface area contributed by atoms with Crippen LogP contribution < -0.4 is 0 Å². The topological polar surface area (TPSA) is 302 Å². The molecule has 0 unspecified atom stereocenters. The molecule has 23 nitrogen and oxygen atoms in total. The lowest BCUT2D eigenvalue weighted by Gasteiger charge is -2.45. The first-order chi connectivity index (χ1) is 28.6. The van der Waals surface area contributed by atoms with Crippen LogP contribution in [-0.4, -0.2) is 139 Å². The van der Waals surface area contributed by atoms with Crippen LogP contribution in [0.4, 0.5) is 0 Å².